The lowest BCUT2D eigenvalue weighted by molar-refractivity contribution is 0.146. The number of nitrogens with one attached hydrogen (secondary N) is 2. The van der Waals surface area contributed by atoms with E-state index in [1.54, 1.807) is 28.9 Å². The van der Waals surface area contributed by atoms with Gasteiger partial charge in [-0.2, -0.15) is 0 Å². The molecule has 0 aliphatic carbocycles. The minimum absolute atomic E-state index is 0.271. The fraction of sp³-hybridized carbons (Fsp3) is 0.269. The van der Waals surface area contributed by atoms with Crippen molar-refractivity contribution in [2.45, 2.75) is 11.4 Å². The molecule has 37 heavy (non-hydrogen) atoms. The lowest BCUT2D eigenvalue weighted by Gasteiger charge is -2.31. The van der Waals surface area contributed by atoms with Crippen molar-refractivity contribution in [1.29, 1.82) is 0 Å². The summed E-state index contributed by atoms with van der Waals surface area (Å²) in [6.07, 6.45) is 2.94. The quantitative estimate of drug-likeness (QED) is 0.354. The third-order valence-corrected chi connectivity index (χ3v) is 7.82. The Morgan fingerprint density at radius 3 is 2.68 bits per heavy atom. The van der Waals surface area contributed by atoms with Crippen LogP contribution in [-0.4, -0.2) is 82.3 Å². The second-order valence-electron chi connectivity index (χ2n) is 9.56. The van der Waals surface area contributed by atoms with Gasteiger partial charge in [-0.25, -0.2) is 22.9 Å². The minimum atomic E-state index is -3.31. The molecule has 6 rings (SSSR count). The molecule has 0 saturated carbocycles. The number of H-pyrrole nitrogens is 1. The summed E-state index contributed by atoms with van der Waals surface area (Å²) in [5.41, 5.74) is 5.07. The molecule has 2 N–H and O–H groups in total. The van der Waals surface area contributed by atoms with Crippen LogP contribution in [0.2, 0.25) is 0 Å². The third kappa shape index (κ3) is 4.93. The molecule has 190 valence electrons. The van der Waals surface area contributed by atoms with Crippen molar-refractivity contribution in [3.63, 3.8) is 0 Å². The van der Waals surface area contributed by atoms with E-state index in [2.05, 4.69) is 37.2 Å². The van der Waals surface area contributed by atoms with Gasteiger partial charge in [-0.05, 0) is 49.5 Å². The number of fused-ring (bicyclic) bond motifs is 2. The Morgan fingerprint density at radius 2 is 1.86 bits per heavy atom. The van der Waals surface area contributed by atoms with E-state index >= 15 is 0 Å². The Hall–Kier alpha value is -3.80. The van der Waals surface area contributed by atoms with Crippen molar-refractivity contribution in [1.82, 2.24) is 34.4 Å². The van der Waals surface area contributed by atoms with Gasteiger partial charge in [-0.3, -0.25) is 4.90 Å². The summed E-state index contributed by atoms with van der Waals surface area (Å²) < 4.78 is 25.8. The van der Waals surface area contributed by atoms with Crippen LogP contribution in [-0.2, 0) is 16.4 Å². The van der Waals surface area contributed by atoms with Crippen molar-refractivity contribution in [2.75, 3.05) is 44.8 Å². The van der Waals surface area contributed by atoms with Gasteiger partial charge >= 0.3 is 0 Å². The first-order valence-corrected chi connectivity index (χ1v) is 14.0. The minimum Gasteiger partial charge on any atom is -0.341 e. The highest BCUT2D eigenvalue weighted by Crippen LogP contribution is 2.26. The molecule has 5 aromatic rings. The standard InChI is InChI=1S/C26H28N8O2S/c1-32-10-12-33(13-11-32)17-25-29-22-8-6-19(15-23(22)30-25)28-26-27-16-20-7-9-24(34(20)31-26)18-4-3-5-21(14-18)37(2,35)36/h3-9,14-16H,10-13,17H2,1-2H3,(H,28,31)(H,29,30). The first-order chi connectivity index (χ1) is 17.8. The Labute approximate surface area is 214 Å². The van der Waals surface area contributed by atoms with Gasteiger partial charge in [-0.1, -0.05) is 12.1 Å². The van der Waals surface area contributed by atoms with Crippen molar-refractivity contribution in [2.24, 2.45) is 0 Å². The predicted molar refractivity (Wildman–Crippen MR) is 144 cm³/mol. The average molecular weight is 517 g/mol. The molecule has 0 radical (unpaired) electrons. The van der Waals surface area contributed by atoms with Crippen LogP contribution < -0.4 is 5.32 Å². The summed E-state index contributed by atoms with van der Waals surface area (Å²) in [6, 6.07) is 16.6. The summed E-state index contributed by atoms with van der Waals surface area (Å²) in [7, 11) is -1.16. The first kappa shape index (κ1) is 23.6. The summed E-state index contributed by atoms with van der Waals surface area (Å²) in [5, 5.41) is 7.96. The number of anilines is 2. The van der Waals surface area contributed by atoms with Crippen LogP contribution >= 0.6 is 0 Å². The van der Waals surface area contributed by atoms with Gasteiger partial charge in [0.1, 0.15) is 5.82 Å². The number of hydrogen-bond donors (Lipinski definition) is 2. The number of sulfone groups is 1. The Balaban J connectivity index is 1.25. The molecule has 4 heterocycles. The first-order valence-electron chi connectivity index (χ1n) is 12.1. The molecule has 0 unspecified atom stereocenters. The highest BCUT2D eigenvalue weighted by molar-refractivity contribution is 7.90. The van der Waals surface area contributed by atoms with Crippen LogP contribution in [0, 0.1) is 0 Å². The maximum atomic E-state index is 12.0. The average Bonchev–Trinajstić information content (AvgIpc) is 3.48. The van der Waals surface area contributed by atoms with E-state index in [0.29, 0.717) is 5.95 Å². The van der Waals surface area contributed by atoms with Crippen LogP contribution in [0.5, 0.6) is 0 Å². The molecule has 2 aromatic carbocycles. The van der Waals surface area contributed by atoms with Gasteiger partial charge < -0.3 is 15.2 Å². The number of likely N-dealkylation sites (N-methyl/N-ethyl adjacent to an activating group) is 1. The number of nitrogens with zero attached hydrogens (tertiary/aromatic N) is 6. The van der Waals surface area contributed by atoms with Crippen molar-refractivity contribution < 1.29 is 8.42 Å². The topological polar surface area (TPSA) is 112 Å². The van der Waals surface area contributed by atoms with Gasteiger partial charge in [-0.15, -0.1) is 5.10 Å². The number of piperazine rings is 1. The molecule has 10 nitrogen and oxygen atoms in total. The maximum absolute atomic E-state index is 12.0. The van der Waals surface area contributed by atoms with Crippen LogP contribution in [0.1, 0.15) is 5.82 Å². The Morgan fingerprint density at radius 1 is 1.03 bits per heavy atom. The molecule has 1 saturated heterocycles. The highest BCUT2D eigenvalue weighted by atomic mass is 32.2. The number of aromatic nitrogens is 5. The molecule has 3 aromatic heterocycles. The summed E-state index contributed by atoms with van der Waals surface area (Å²) in [5.74, 6) is 1.39. The van der Waals surface area contributed by atoms with Crippen LogP contribution in [0.25, 0.3) is 27.8 Å². The predicted octanol–water partition coefficient (Wildman–Crippen LogP) is 3.17. The summed E-state index contributed by atoms with van der Waals surface area (Å²) in [4.78, 5) is 17.7. The fourth-order valence-electron chi connectivity index (χ4n) is 4.63. The molecule has 0 bridgehead atoms. The number of hydrogen-bond acceptors (Lipinski definition) is 8. The van der Waals surface area contributed by atoms with E-state index in [9.17, 15) is 8.42 Å². The van der Waals surface area contributed by atoms with Crippen molar-refractivity contribution in [3.8, 4) is 11.3 Å². The molecular formula is C26H28N8O2S. The zero-order chi connectivity index (χ0) is 25.6. The molecular weight excluding hydrogens is 488 g/mol. The van der Waals surface area contributed by atoms with E-state index in [-0.39, 0.29) is 4.90 Å². The smallest absolute Gasteiger partial charge is 0.245 e. The third-order valence-electron chi connectivity index (χ3n) is 6.71. The number of rotatable bonds is 6. The second kappa shape index (κ2) is 9.25. The van der Waals surface area contributed by atoms with Gasteiger partial charge in [0.25, 0.3) is 0 Å². The van der Waals surface area contributed by atoms with E-state index < -0.39 is 9.84 Å². The van der Waals surface area contributed by atoms with Crippen LogP contribution in [0.15, 0.2) is 65.7 Å². The number of benzene rings is 2. The SMILES string of the molecule is CN1CCN(Cc2nc3ccc(Nc4ncc5ccc(-c6cccc(S(C)(=O)=O)c6)n5n4)cc3[nH]2)CC1. The van der Waals surface area contributed by atoms with E-state index in [4.69, 9.17) is 4.98 Å². The van der Waals surface area contributed by atoms with Crippen molar-refractivity contribution >= 4 is 38.0 Å². The van der Waals surface area contributed by atoms with Gasteiger partial charge in [0.05, 0.1) is 39.9 Å². The molecule has 0 atom stereocenters. The largest absolute Gasteiger partial charge is 0.341 e. The molecule has 0 amide bonds. The summed E-state index contributed by atoms with van der Waals surface area (Å²) >= 11 is 0. The van der Waals surface area contributed by atoms with Crippen molar-refractivity contribution in [3.05, 3.63) is 66.6 Å². The highest BCUT2D eigenvalue weighted by Gasteiger charge is 2.16. The lowest BCUT2D eigenvalue weighted by atomic mass is 10.2. The van der Waals surface area contributed by atoms with Crippen LogP contribution in [0.4, 0.5) is 11.6 Å². The molecule has 1 aliphatic heterocycles. The van der Waals surface area contributed by atoms with Crippen LogP contribution in [0.3, 0.4) is 0 Å². The van der Waals surface area contributed by atoms with E-state index in [0.717, 1.165) is 72.0 Å². The zero-order valence-corrected chi connectivity index (χ0v) is 21.5. The van der Waals surface area contributed by atoms with Gasteiger partial charge in [0.15, 0.2) is 9.84 Å². The number of aromatic amines is 1. The van der Waals surface area contributed by atoms with E-state index in [1.165, 1.54) is 6.26 Å². The molecule has 1 aliphatic rings. The lowest BCUT2D eigenvalue weighted by Crippen LogP contribution is -2.44. The molecule has 0 spiro atoms. The maximum Gasteiger partial charge on any atom is 0.245 e. The molecule has 11 heteroatoms. The summed E-state index contributed by atoms with van der Waals surface area (Å²) in [6.45, 7) is 5.04. The Kier molecular flexibility index (Phi) is 5.90. The number of imidazole rings is 1. The second-order valence-corrected chi connectivity index (χ2v) is 11.6. The normalized spacial score (nSPS) is 15.5. The zero-order valence-electron chi connectivity index (χ0n) is 20.7. The Bertz CT molecular complexity index is 1700. The van der Waals surface area contributed by atoms with Gasteiger partial charge in [0, 0.05) is 43.7 Å². The van der Waals surface area contributed by atoms with E-state index in [1.807, 2.05) is 36.4 Å². The fourth-order valence-corrected chi connectivity index (χ4v) is 5.29. The van der Waals surface area contributed by atoms with Gasteiger partial charge in [0.2, 0.25) is 5.95 Å². The molecule has 1 fully saturated rings. The monoisotopic (exact) mass is 516 g/mol.